The van der Waals surface area contributed by atoms with Crippen LogP contribution < -0.4 is 9.47 Å². The van der Waals surface area contributed by atoms with Gasteiger partial charge in [-0.05, 0) is 61.4 Å². The minimum absolute atomic E-state index is 0.148. The summed E-state index contributed by atoms with van der Waals surface area (Å²) in [6, 6.07) is 16.1. The normalized spacial score (nSPS) is 10.9. The molecule has 4 aromatic rings. The smallest absolute Gasteiger partial charge is 0.307 e. The maximum atomic E-state index is 13.5. The van der Waals surface area contributed by atoms with Crippen LogP contribution in [0.3, 0.4) is 0 Å². The van der Waals surface area contributed by atoms with E-state index < -0.39 is 5.97 Å². The highest BCUT2D eigenvalue weighted by Gasteiger charge is 2.22. The van der Waals surface area contributed by atoms with Crippen LogP contribution in [0.1, 0.15) is 27.2 Å². The highest BCUT2D eigenvalue weighted by Crippen LogP contribution is 2.28. The van der Waals surface area contributed by atoms with Crippen molar-refractivity contribution in [2.24, 2.45) is 0 Å². The molecule has 0 atom stereocenters. The lowest BCUT2D eigenvalue weighted by Crippen LogP contribution is -2.16. The third-order valence-electron chi connectivity index (χ3n) is 5.54. The molecule has 174 valence electrons. The lowest BCUT2D eigenvalue weighted by atomic mass is 10.1. The first kappa shape index (κ1) is 23.3. The Morgan fingerprint density at radius 1 is 1.03 bits per heavy atom. The fraction of sp³-hybridized carbons (Fsp3) is 0.192. The molecule has 1 N–H and O–H groups in total. The van der Waals surface area contributed by atoms with Crippen molar-refractivity contribution in [3.05, 3.63) is 88.3 Å². The quantitative estimate of drug-likeness (QED) is 0.280. The van der Waals surface area contributed by atoms with E-state index in [0.717, 1.165) is 10.9 Å². The topological polar surface area (TPSA) is 90.7 Å². The van der Waals surface area contributed by atoms with Gasteiger partial charge in [0.25, 0.3) is 5.91 Å². The van der Waals surface area contributed by atoms with Gasteiger partial charge < -0.3 is 14.6 Å². The molecule has 0 unspecified atom stereocenters. The average Bonchev–Trinajstić information content (AvgIpc) is 3.08. The van der Waals surface area contributed by atoms with Gasteiger partial charge in [-0.25, -0.2) is 4.98 Å². The van der Waals surface area contributed by atoms with Crippen molar-refractivity contribution in [2.45, 2.75) is 20.3 Å². The molecule has 34 heavy (non-hydrogen) atoms. The number of carboxylic acid groups (broad SMARTS) is 1. The Labute approximate surface area is 201 Å². The Hall–Kier alpha value is -3.84. The molecular formula is C26H23ClN2O5. The summed E-state index contributed by atoms with van der Waals surface area (Å²) in [5.41, 5.74) is 3.21. The number of aromatic nitrogens is 2. The first-order valence-electron chi connectivity index (χ1n) is 10.7. The van der Waals surface area contributed by atoms with Gasteiger partial charge in [0.1, 0.15) is 19.0 Å². The lowest BCUT2D eigenvalue weighted by molar-refractivity contribution is -0.136. The van der Waals surface area contributed by atoms with Gasteiger partial charge in [0.05, 0.1) is 11.9 Å². The van der Waals surface area contributed by atoms with Crippen LogP contribution in [-0.2, 0) is 11.2 Å². The molecule has 0 spiro atoms. The van der Waals surface area contributed by atoms with E-state index in [2.05, 4.69) is 4.98 Å². The summed E-state index contributed by atoms with van der Waals surface area (Å²) >= 11 is 5.97. The Kier molecular flexibility index (Phi) is 6.84. The predicted molar refractivity (Wildman–Crippen MR) is 129 cm³/mol. The molecule has 0 amide bonds. The number of aryl methyl sites for hydroxylation is 1. The number of para-hydroxylation sites is 1. The van der Waals surface area contributed by atoms with E-state index in [1.807, 2.05) is 31.2 Å². The van der Waals surface area contributed by atoms with E-state index in [4.69, 9.17) is 21.1 Å². The molecule has 0 saturated heterocycles. The van der Waals surface area contributed by atoms with E-state index in [9.17, 15) is 14.7 Å². The number of carbonyl (C=O) groups excluding carboxylic acids is 1. The van der Waals surface area contributed by atoms with Gasteiger partial charge in [0.15, 0.2) is 10.9 Å². The number of pyridine rings is 1. The number of rotatable bonds is 8. The second-order valence-corrected chi connectivity index (χ2v) is 8.12. The zero-order valence-corrected chi connectivity index (χ0v) is 19.5. The second-order valence-electron chi connectivity index (χ2n) is 7.76. The molecule has 0 aliphatic heterocycles. The van der Waals surface area contributed by atoms with Crippen molar-refractivity contribution in [3.63, 3.8) is 0 Å². The number of carbonyl (C=O) groups is 2. The van der Waals surface area contributed by atoms with Crippen LogP contribution in [0.4, 0.5) is 0 Å². The van der Waals surface area contributed by atoms with Crippen LogP contribution >= 0.6 is 11.6 Å². The van der Waals surface area contributed by atoms with Gasteiger partial charge >= 0.3 is 5.97 Å². The van der Waals surface area contributed by atoms with Crippen LogP contribution in [0.2, 0.25) is 5.15 Å². The van der Waals surface area contributed by atoms with Gasteiger partial charge in [-0.2, -0.15) is 0 Å². The number of benzene rings is 2. The van der Waals surface area contributed by atoms with Crippen molar-refractivity contribution >= 4 is 34.4 Å². The molecule has 2 aromatic carbocycles. The molecule has 8 heteroatoms. The average molecular weight is 479 g/mol. The fourth-order valence-corrected chi connectivity index (χ4v) is 4.12. The molecule has 0 radical (unpaired) electrons. The molecule has 4 rings (SSSR count). The van der Waals surface area contributed by atoms with Crippen LogP contribution in [0.15, 0.2) is 60.8 Å². The molecule has 0 fully saturated rings. The largest absolute Gasteiger partial charge is 0.490 e. The predicted octanol–water partition coefficient (Wildman–Crippen LogP) is 5.08. The van der Waals surface area contributed by atoms with Crippen LogP contribution in [0.5, 0.6) is 11.5 Å². The highest BCUT2D eigenvalue weighted by molar-refractivity contribution is 6.30. The number of fused-ring (bicyclic) bond motifs is 1. The molecule has 7 nitrogen and oxygen atoms in total. The molecular weight excluding hydrogens is 456 g/mol. The Morgan fingerprint density at radius 2 is 1.79 bits per heavy atom. The van der Waals surface area contributed by atoms with E-state index in [1.165, 1.54) is 0 Å². The number of hydrogen-bond acceptors (Lipinski definition) is 5. The number of ether oxygens (including phenoxy) is 2. The van der Waals surface area contributed by atoms with Gasteiger partial charge in [0, 0.05) is 22.8 Å². The summed E-state index contributed by atoms with van der Waals surface area (Å²) in [6.45, 7) is 4.19. The Bertz CT molecular complexity index is 1380. The van der Waals surface area contributed by atoms with Gasteiger partial charge in [-0.3, -0.25) is 14.2 Å². The number of hydrogen-bond donors (Lipinski definition) is 1. The molecule has 2 heterocycles. The minimum atomic E-state index is -0.939. The monoisotopic (exact) mass is 478 g/mol. The maximum absolute atomic E-state index is 13.5. The number of nitrogens with zero attached hydrogens (tertiary/aromatic N) is 2. The summed E-state index contributed by atoms with van der Waals surface area (Å²) in [5, 5.41) is 10.4. The SMILES string of the molecule is Cc1cc(OCCOc2cccnc2Cl)ccc1C(=O)n1c(C)c(CC(=O)O)c2ccccc21. The van der Waals surface area contributed by atoms with Crippen molar-refractivity contribution in [1.82, 2.24) is 9.55 Å². The fourth-order valence-electron chi connectivity index (χ4n) is 3.95. The summed E-state index contributed by atoms with van der Waals surface area (Å²) < 4.78 is 12.9. The van der Waals surface area contributed by atoms with Crippen LogP contribution in [0, 0.1) is 13.8 Å². The van der Waals surface area contributed by atoms with E-state index in [0.29, 0.717) is 39.0 Å². The van der Waals surface area contributed by atoms with E-state index in [-0.39, 0.29) is 25.5 Å². The number of carboxylic acids is 1. The lowest BCUT2D eigenvalue weighted by Gasteiger charge is -2.13. The molecule has 0 aliphatic rings. The van der Waals surface area contributed by atoms with Crippen LogP contribution in [-0.4, -0.2) is 39.7 Å². The minimum Gasteiger partial charge on any atom is -0.490 e. The summed E-state index contributed by atoms with van der Waals surface area (Å²) in [5.74, 6) is -0.0630. The van der Waals surface area contributed by atoms with Gasteiger partial charge in [-0.1, -0.05) is 29.8 Å². The van der Waals surface area contributed by atoms with E-state index >= 15 is 0 Å². The van der Waals surface area contributed by atoms with Gasteiger partial charge in [-0.15, -0.1) is 0 Å². The van der Waals surface area contributed by atoms with Crippen LogP contribution in [0.25, 0.3) is 10.9 Å². The summed E-state index contributed by atoms with van der Waals surface area (Å²) in [7, 11) is 0. The molecule has 0 saturated carbocycles. The van der Waals surface area contributed by atoms with Gasteiger partial charge in [0.2, 0.25) is 0 Å². The first-order chi connectivity index (χ1) is 16.4. The summed E-state index contributed by atoms with van der Waals surface area (Å²) in [4.78, 5) is 28.8. The van der Waals surface area contributed by atoms with Crippen molar-refractivity contribution in [1.29, 1.82) is 0 Å². The zero-order chi connectivity index (χ0) is 24.2. The third-order valence-corrected chi connectivity index (χ3v) is 5.82. The van der Waals surface area contributed by atoms with Crippen molar-refractivity contribution in [2.75, 3.05) is 13.2 Å². The highest BCUT2D eigenvalue weighted by atomic mass is 35.5. The third kappa shape index (κ3) is 4.75. The first-order valence-corrected chi connectivity index (χ1v) is 11.1. The zero-order valence-electron chi connectivity index (χ0n) is 18.7. The van der Waals surface area contributed by atoms with Crippen molar-refractivity contribution < 1.29 is 24.2 Å². The summed E-state index contributed by atoms with van der Waals surface area (Å²) in [6.07, 6.45) is 1.44. The standard InChI is InChI=1S/C26H23ClN2O5/c1-16-14-18(33-12-13-34-23-8-5-11-28-25(23)27)9-10-19(16)26(32)29-17(2)21(15-24(30)31)20-6-3-4-7-22(20)29/h3-11,14H,12-13,15H2,1-2H3,(H,30,31). The molecule has 0 bridgehead atoms. The molecule has 2 aromatic heterocycles. The second kappa shape index (κ2) is 9.97. The Morgan fingerprint density at radius 3 is 2.53 bits per heavy atom. The van der Waals surface area contributed by atoms with Crippen molar-refractivity contribution in [3.8, 4) is 11.5 Å². The molecule has 0 aliphatic carbocycles. The number of aliphatic carboxylic acids is 1. The van der Waals surface area contributed by atoms with E-state index in [1.54, 1.807) is 48.0 Å². The number of halogens is 1. The maximum Gasteiger partial charge on any atom is 0.307 e. The Balaban J connectivity index is 1.52.